The van der Waals surface area contributed by atoms with E-state index < -0.39 is 16.6 Å². The molecule has 0 bridgehead atoms. The van der Waals surface area contributed by atoms with Crippen LogP contribution in [-0.2, 0) is 0 Å². The highest BCUT2D eigenvalue weighted by molar-refractivity contribution is 5.22. The van der Waals surface area contributed by atoms with Gasteiger partial charge in [-0.1, -0.05) is 13.8 Å². The minimum atomic E-state index is -1.05. The third-order valence-corrected chi connectivity index (χ3v) is 9.51. The quantitative estimate of drug-likeness (QED) is 0.680. The van der Waals surface area contributed by atoms with Crippen LogP contribution in [0.5, 0.6) is 0 Å². The van der Waals surface area contributed by atoms with Crippen LogP contribution < -0.4 is 0 Å². The van der Waals surface area contributed by atoms with Crippen LogP contribution >= 0.6 is 0 Å². The molecule has 0 amide bonds. The number of nitriles is 1. The summed E-state index contributed by atoms with van der Waals surface area (Å²) in [4.78, 5) is 0. The number of hydrogen-bond acceptors (Lipinski definition) is 4. The summed E-state index contributed by atoms with van der Waals surface area (Å²) in [5.41, 5.74) is -2.28. The Morgan fingerprint density at radius 1 is 0.960 bits per heavy atom. The van der Waals surface area contributed by atoms with Gasteiger partial charge in [0.25, 0.3) is 0 Å². The summed E-state index contributed by atoms with van der Waals surface area (Å²) < 4.78 is 0. The highest BCUT2D eigenvalue weighted by Gasteiger charge is 2.71. The SMILES string of the molecule is C[C@]12CC[C@H](O)C[C@H]1CC[C@@H]1[C@@H]2CC[C@]2(C)[C@@](O)(CC#N)CC[C@]12O. The molecule has 4 aliphatic rings. The summed E-state index contributed by atoms with van der Waals surface area (Å²) in [6, 6.07) is 2.17. The molecule has 8 atom stereocenters. The number of nitrogens with zero attached hydrogens (tertiary/aromatic N) is 1. The van der Waals surface area contributed by atoms with E-state index in [1.165, 1.54) is 0 Å². The lowest BCUT2D eigenvalue weighted by atomic mass is 9.43. The monoisotopic (exact) mass is 347 g/mol. The highest BCUT2D eigenvalue weighted by Crippen LogP contribution is 2.70. The van der Waals surface area contributed by atoms with Crippen LogP contribution in [-0.4, -0.2) is 32.6 Å². The van der Waals surface area contributed by atoms with Crippen LogP contribution in [0.15, 0.2) is 0 Å². The van der Waals surface area contributed by atoms with Gasteiger partial charge in [-0.25, -0.2) is 0 Å². The molecule has 0 saturated heterocycles. The van der Waals surface area contributed by atoms with Crippen molar-refractivity contribution >= 4 is 0 Å². The van der Waals surface area contributed by atoms with Crippen LogP contribution in [0, 0.1) is 39.9 Å². The smallest absolute Gasteiger partial charge is 0.0859 e. The molecule has 4 saturated carbocycles. The zero-order chi connectivity index (χ0) is 18.1. The molecule has 4 nitrogen and oxygen atoms in total. The first kappa shape index (κ1) is 17.8. The Labute approximate surface area is 151 Å². The molecule has 4 rings (SSSR count). The number of rotatable bonds is 1. The van der Waals surface area contributed by atoms with Crippen LogP contribution in [0.2, 0.25) is 0 Å². The van der Waals surface area contributed by atoms with Crippen LogP contribution in [0.1, 0.15) is 78.1 Å². The molecule has 0 heterocycles. The fourth-order valence-electron chi connectivity index (χ4n) is 7.73. The topological polar surface area (TPSA) is 84.5 Å². The minimum Gasteiger partial charge on any atom is -0.393 e. The second-order valence-corrected chi connectivity index (χ2v) is 10.1. The Balaban J connectivity index is 1.69. The van der Waals surface area contributed by atoms with Gasteiger partial charge in [0.2, 0.25) is 0 Å². The molecule has 0 spiro atoms. The van der Waals surface area contributed by atoms with Crippen molar-refractivity contribution in [3.8, 4) is 6.07 Å². The highest BCUT2D eigenvalue weighted by atomic mass is 16.3. The predicted octanol–water partition coefficient (Wildman–Crippen LogP) is 3.15. The van der Waals surface area contributed by atoms with E-state index in [1.54, 1.807) is 0 Å². The molecule has 4 heteroatoms. The maximum Gasteiger partial charge on any atom is 0.0859 e. The molecule has 0 aromatic rings. The molecule has 0 aromatic carbocycles. The average molecular weight is 347 g/mol. The van der Waals surface area contributed by atoms with E-state index >= 15 is 0 Å². The molecule has 0 radical (unpaired) electrons. The second kappa shape index (κ2) is 5.44. The third-order valence-electron chi connectivity index (χ3n) is 9.51. The normalized spacial score (nSPS) is 57.9. The van der Waals surface area contributed by atoms with E-state index in [4.69, 9.17) is 0 Å². The first-order valence-corrected chi connectivity index (χ1v) is 10.2. The van der Waals surface area contributed by atoms with E-state index in [0.29, 0.717) is 24.7 Å². The average Bonchev–Trinajstić information content (AvgIpc) is 2.77. The maximum atomic E-state index is 11.9. The molecule has 3 N–H and O–H groups in total. The summed E-state index contributed by atoms with van der Waals surface area (Å²) in [5, 5.41) is 42.4. The van der Waals surface area contributed by atoms with Crippen molar-refractivity contribution in [2.45, 2.75) is 95.4 Å². The van der Waals surface area contributed by atoms with Crippen molar-refractivity contribution < 1.29 is 15.3 Å². The molecule has 140 valence electrons. The van der Waals surface area contributed by atoms with Gasteiger partial charge in [-0.3, -0.25) is 0 Å². The Hall–Kier alpha value is -0.630. The summed E-state index contributed by atoms with van der Waals surface area (Å²) in [6.45, 7) is 4.43. The number of aliphatic hydroxyl groups excluding tert-OH is 1. The Kier molecular flexibility index (Phi) is 3.87. The van der Waals surface area contributed by atoms with E-state index in [1.807, 2.05) is 6.92 Å². The van der Waals surface area contributed by atoms with Gasteiger partial charge in [0.1, 0.15) is 0 Å². The van der Waals surface area contributed by atoms with Crippen molar-refractivity contribution in [3.05, 3.63) is 0 Å². The van der Waals surface area contributed by atoms with Gasteiger partial charge in [0, 0.05) is 5.41 Å². The summed E-state index contributed by atoms with van der Waals surface area (Å²) in [5.74, 6) is 1.25. The first-order valence-electron chi connectivity index (χ1n) is 10.2. The molecular formula is C21H33NO3. The van der Waals surface area contributed by atoms with Crippen LogP contribution in [0.25, 0.3) is 0 Å². The standard InChI is InChI=1S/C21H33NO3/c1-18-7-5-15(23)13-14(18)3-4-17-16(18)6-8-19(2)20(24,11-12-22)9-10-21(17,19)25/h14-17,23-25H,3-11,13H2,1-2H3/t14-,15+,16+,17-,18+,19-,20+,21+/m1/s1. The third kappa shape index (κ3) is 2.10. The summed E-state index contributed by atoms with van der Waals surface area (Å²) in [6.07, 6.45) is 7.85. The van der Waals surface area contributed by atoms with Gasteiger partial charge >= 0.3 is 0 Å². The van der Waals surface area contributed by atoms with Gasteiger partial charge in [-0.05, 0) is 81.0 Å². The maximum absolute atomic E-state index is 11.9. The zero-order valence-electron chi connectivity index (χ0n) is 15.7. The van der Waals surface area contributed by atoms with Gasteiger partial charge in [0.05, 0.1) is 29.8 Å². The van der Waals surface area contributed by atoms with Crippen molar-refractivity contribution in [3.63, 3.8) is 0 Å². The van der Waals surface area contributed by atoms with E-state index in [2.05, 4.69) is 13.0 Å². The molecule has 4 aliphatic carbocycles. The van der Waals surface area contributed by atoms with E-state index in [0.717, 1.165) is 44.9 Å². The number of hydrogen-bond donors (Lipinski definition) is 3. The van der Waals surface area contributed by atoms with E-state index in [-0.39, 0.29) is 23.9 Å². The lowest BCUT2D eigenvalue weighted by Gasteiger charge is -2.64. The first-order chi connectivity index (χ1) is 11.7. The van der Waals surface area contributed by atoms with Crippen LogP contribution in [0.3, 0.4) is 0 Å². The van der Waals surface area contributed by atoms with Crippen molar-refractivity contribution in [2.24, 2.45) is 28.6 Å². The van der Waals surface area contributed by atoms with Gasteiger partial charge < -0.3 is 15.3 Å². The molecule has 0 aromatic heterocycles. The van der Waals surface area contributed by atoms with Gasteiger partial charge in [-0.15, -0.1) is 0 Å². The lowest BCUT2D eigenvalue weighted by molar-refractivity contribution is -0.234. The minimum absolute atomic E-state index is 0.120. The molecule has 0 unspecified atom stereocenters. The Morgan fingerprint density at radius 3 is 2.44 bits per heavy atom. The number of fused-ring (bicyclic) bond motifs is 5. The molecule has 0 aliphatic heterocycles. The zero-order valence-corrected chi connectivity index (χ0v) is 15.7. The largest absolute Gasteiger partial charge is 0.393 e. The van der Waals surface area contributed by atoms with Gasteiger partial charge in [0.15, 0.2) is 0 Å². The van der Waals surface area contributed by atoms with Crippen LogP contribution in [0.4, 0.5) is 0 Å². The molecular weight excluding hydrogens is 314 g/mol. The second-order valence-electron chi connectivity index (χ2n) is 10.1. The Bertz CT molecular complexity index is 602. The predicted molar refractivity (Wildman–Crippen MR) is 94.4 cm³/mol. The fraction of sp³-hybridized carbons (Fsp3) is 0.952. The van der Waals surface area contributed by atoms with Crippen molar-refractivity contribution in [2.75, 3.05) is 0 Å². The number of aliphatic hydroxyl groups is 3. The van der Waals surface area contributed by atoms with E-state index in [9.17, 15) is 20.6 Å². The summed E-state index contributed by atoms with van der Waals surface area (Å²) in [7, 11) is 0. The summed E-state index contributed by atoms with van der Waals surface area (Å²) >= 11 is 0. The van der Waals surface area contributed by atoms with Crippen molar-refractivity contribution in [1.29, 1.82) is 5.26 Å². The molecule has 25 heavy (non-hydrogen) atoms. The molecule has 4 fully saturated rings. The fourth-order valence-corrected chi connectivity index (χ4v) is 7.73. The van der Waals surface area contributed by atoms with Crippen molar-refractivity contribution in [1.82, 2.24) is 0 Å². The Morgan fingerprint density at radius 2 is 1.72 bits per heavy atom. The lowest BCUT2D eigenvalue weighted by Crippen LogP contribution is -2.65. The van der Waals surface area contributed by atoms with Gasteiger partial charge in [-0.2, -0.15) is 5.26 Å².